The standard InChI is InChI=1S/C28H23N3/c1-4-12-21(13-5-1)25(22-14-6-2-7-15-22)20-29-28-24-18-10-11-19-26(24)30-27(31-28)23-16-8-3-9-17-23/h1-19,25H,20H2,(H,29,30,31). The van der Waals surface area contributed by atoms with Crippen LogP contribution < -0.4 is 5.32 Å². The molecule has 0 amide bonds. The summed E-state index contributed by atoms with van der Waals surface area (Å²) in [5.41, 5.74) is 4.51. The number of nitrogens with one attached hydrogen (secondary N) is 1. The number of anilines is 1. The molecule has 5 aromatic rings. The van der Waals surface area contributed by atoms with Crippen LogP contribution in [-0.2, 0) is 0 Å². The Labute approximate surface area is 182 Å². The second-order valence-corrected chi connectivity index (χ2v) is 7.53. The van der Waals surface area contributed by atoms with E-state index >= 15 is 0 Å². The van der Waals surface area contributed by atoms with Gasteiger partial charge in [0, 0.05) is 23.4 Å². The van der Waals surface area contributed by atoms with Crippen LogP contribution in [0.3, 0.4) is 0 Å². The van der Waals surface area contributed by atoms with E-state index in [0.717, 1.165) is 34.7 Å². The van der Waals surface area contributed by atoms with E-state index in [1.54, 1.807) is 0 Å². The Hall–Kier alpha value is -3.98. The fourth-order valence-corrected chi connectivity index (χ4v) is 3.93. The van der Waals surface area contributed by atoms with Crippen molar-refractivity contribution in [2.75, 3.05) is 11.9 Å². The third kappa shape index (κ3) is 4.17. The van der Waals surface area contributed by atoms with E-state index in [-0.39, 0.29) is 5.92 Å². The highest BCUT2D eigenvalue weighted by atomic mass is 15.0. The van der Waals surface area contributed by atoms with Crippen LogP contribution in [0.4, 0.5) is 5.82 Å². The predicted octanol–water partition coefficient (Wildman–Crippen LogP) is 6.54. The first-order valence-corrected chi connectivity index (χ1v) is 10.5. The molecule has 0 aliphatic carbocycles. The van der Waals surface area contributed by atoms with Crippen LogP contribution in [-0.4, -0.2) is 16.5 Å². The van der Waals surface area contributed by atoms with Gasteiger partial charge in [0.05, 0.1) is 5.52 Å². The van der Waals surface area contributed by atoms with Gasteiger partial charge in [-0.3, -0.25) is 0 Å². The van der Waals surface area contributed by atoms with Crippen molar-refractivity contribution in [1.29, 1.82) is 0 Å². The number of nitrogens with zero attached hydrogens (tertiary/aromatic N) is 2. The Morgan fingerprint density at radius 1 is 0.581 bits per heavy atom. The molecule has 0 saturated carbocycles. The van der Waals surface area contributed by atoms with Crippen molar-refractivity contribution < 1.29 is 0 Å². The molecule has 0 unspecified atom stereocenters. The third-order valence-corrected chi connectivity index (χ3v) is 5.51. The molecular formula is C28H23N3. The molecule has 4 aromatic carbocycles. The number of benzene rings is 4. The molecule has 3 nitrogen and oxygen atoms in total. The predicted molar refractivity (Wildman–Crippen MR) is 128 cm³/mol. The molecule has 0 saturated heterocycles. The van der Waals surface area contributed by atoms with Gasteiger partial charge in [-0.05, 0) is 23.3 Å². The summed E-state index contributed by atoms with van der Waals surface area (Å²) in [5.74, 6) is 1.82. The first kappa shape index (κ1) is 19.0. The zero-order chi connectivity index (χ0) is 20.9. The van der Waals surface area contributed by atoms with Crippen LogP contribution in [0.25, 0.3) is 22.3 Å². The molecule has 0 atom stereocenters. The van der Waals surface area contributed by atoms with Crippen LogP contribution >= 0.6 is 0 Å². The van der Waals surface area contributed by atoms with E-state index in [1.165, 1.54) is 11.1 Å². The molecule has 0 bridgehead atoms. The van der Waals surface area contributed by atoms with E-state index in [1.807, 2.05) is 48.5 Å². The second kappa shape index (κ2) is 8.80. The summed E-state index contributed by atoms with van der Waals surface area (Å²) in [4.78, 5) is 9.71. The molecule has 0 aliphatic rings. The zero-order valence-corrected chi connectivity index (χ0v) is 17.1. The number of hydrogen-bond donors (Lipinski definition) is 1. The topological polar surface area (TPSA) is 37.8 Å². The first-order valence-electron chi connectivity index (χ1n) is 10.5. The van der Waals surface area contributed by atoms with Gasteiger partial charge in [-0.1, -0.05) is 103 Å². The summed E-state index contributed by atoms with van der Waals surface area (Å²) in [7, 11) is 0. The van der Waals surface area contributed by atoms with E-state index in [9.17, 15) is 0 Å². The number of para-hydroxylation sites is 1. The number of rotatable bonds is 6. The van der Waals surface area contributed by atoms with E-state index in [0.29, 0.717) is 0 Å². The molecule has 0 fully saturated rings. The minimum absolute atomic E-state index is 0.219. The molecule has 1 aromatic heterocycles. The summed E-state index contributed by atoms with van der Waals surface area (Å²) < 4.78 is 0. The molecule has 0 aliphatic heterocycles. The molecule has 5 rings (SSSR count). The smallest absolute Gasteiger partial charge is 0.162 e. The van der Waals surface area contributed by atoms with Gasteiger partial charge in [-0.2, -0.15) is 0 Å². The zero-order valence-electron chi connectivity index (χ0n) is 17.1. The molecular weight excluding hydrogens is 378 g/mol. The lowest BCUT2D eigenvalue weighted by atomic mass is 9.91. The summed E-state index contributed by atoms with van der Waals surface area (Å²) in [6, 6.07) is 39.6. The van der Waals surface area contributed by atoms with E-state index < -0.39 is 0 Å². The van der Waals surface area contributed by atoms with Crippen LogP contribution in [0.1, 0.15) is 17.0 Å². The normalized spacial score (nSPS) is 11.0. The minimum atomic E-state index is 0.219. The average Bonchev–Trinajstić information content (AvgIpc) is 2.86. The number of fused-ring (bicyclic) bond motifs is 1. The van der Waals surface area contributed by atoms with E-state index in [2.05, 4.69) is 72.0 Å². The van der Waals surface area contributed by atoms with Gasteiger partial charge in [0.15, 0.2) is 5.82 Å². The van der Waals surface area contributed by atoms with Gasteiger partial charge in [-0.15, -0.1) is 0 Å². The van der Waals surface area contributed by atoms with Crippen molar-refractivity contribution in [1.82, 2.24) is 9.97 Å². The maximum Gasteiger partial charge on any atom is 0.162 e. The quantitative estimate of drug-likeness (QED) is 0.351. The van der Waals surface area contributed by atoms with Crippen molar-refractivity contribution in [3.8, 4) is 11.4 Å². The van der Waals surface area contributed by atoms with Crippen LogP contribution in [0.15, 0.2) is 115 Å². The Balaban J connectivity index is 1.53. The Morgan fingerprint density at radius 2 is 1.13 bits per heavy atom. The third-order valence-electron chi connectivity index (χ3n) is 5.51. The Morgan fingerprint density at radius 3 is 1.77 bits per heavy atom. The SMILES string of the molecule is c1ccc(-c2nc(NCC(c3ccccc3)c3ccccc3)c3ccccc3n2)cc1. The maximum atomic E-state index is 4.91. The highest BCUT2D eigenvalue weighted by Crippen LogP contribution is 2.28. The minimum Gasteiger partial charge on any atom is -0.368 e. The molecule has 150 valence electrons. The molecule has 31 heavy (non-hydrogen) atoms. The molecule has 0 radical (unpaired) electrons. The van der Waals surface area contributed by atoms with Gasteiger partial charge in [0.25, 0.3) is 0 Å². The highest BCUT2D eigenvalue weighted by molar-refractivity contribution is 5.90. The lowest BCUT2D eigenvalue weighted by Gasteiger charge is -2.20. The van der Waals surface area contributed by atoms with Crippen LogP contribution in [0.2, 0.25) is 0 Å². The lowest BCUT2D eigenvalue weighted by Crippen LogP contribution is -2.15. The number of hydrogen-bond acceptors (Lipinski definition) is 3. The van der Waals surface area contributed by atoms with Crippen molar-refractivity contribution >= 4 is 16.7 Å². The molecule has 1 N–H and O–H groups in total. The highest BCUT2D eigenvalue weighted by Gasteiger charge is 2.16. The van der Waals surface area contributed by atoms with Crippen LogP contribution in [0.5, 0.6) is 0 Å². The van der Waals surface area contributed by atoms with Gasteiger partial charge < -0.3 is 5.32 Å². The van der Waals surface area contributed by atoms with E-state index in [4.69, 9.17) is 9.97 Å². The fraction of sp³-hybridized carbons (Fsp3) is 0.0714. The molecule has 1 heterocycles. The van der Waals surface area contributed by atoms with Crippen LogP contribution in [0, 0.1) is 0 Å². The monoisotopic (exact) mass is 401 g/mol. The van der Waals surface area contributed by atoms with Crippen molar-refractivity contribution in [3.05, 3.63) is 126 Å². The van der Waals surface area contributed by atoms with Crippen molar-refractivity contribution in [3.63, 3.8) is 0 Å². The average molecular weight is 402 g/mol. The summed E-state index contributed by atoms with van der Waals surface area (Å²) in [6.07, 6.45) is 0. The van der Waals surface area contributed by atoms with Gasteiger partial charge >= 0.3 is 0 Å². The summed E-state index contributed by atoms with van der Waals surface area (Å²) >= 11 is 0. The Kier molecular flexibility index (Phi) is 5.40. The summed E-state index contributed by atoms with van der Waals surface area (Å²) in [6.45, 7) is 0.739. The van der Waals surface area contributed by atoms with Gasteiger partial charge in [-0.25, -0.2) is 9.97 Å². The summed E-state index contributed by atoms with van der Waals surface area (Å²) in [5, 5.41) is 4.67. The fourth-order valence-electron chi connectivity index (χ4n) is 3.93. The maximum absolute atomic E-state index is 4.91. The Bertz CT molecular complexity index is 1230. The first-order chi connectivity index (χ1) is 15.4. The van der Waals surface area contributed by atoms with Gasteiger partial charge in [0.2, 0.25) is 0 Å². The van der Waals surface area contributed by atoms with Gasteiger partial charge in [0.1, 0.15) is 5.82 Å². The molecule has 0 spiro atoms. The number of aromatic nitrogens is 2. The second-order valence-electron chi connectivity index (χ2n) is 7.53. The van der Waals surface area contributed by atoms with Crippen molar-refractivity contribution in [2.24, 2.45) is 0 Å². The largest absolute Gasteiger partial charge is 0.368 e. The molecule has 3 heteroatoms. The lowest BCUT2D eigenvalue weighted by molar-refractivity contribution is 0.849. The van der Waals surface area contributed by atoms with Crippen molar-refractivity contribution in [2.45, 2.75) is 5.92 Å².